The van der Waals surface area contributed by atoms with Gasteiger partial charge in [0.1, 0.15) is 0 Å². The Balaban J connectivity index is 0.000000426. The number of alkyl halides is 6. The summed E-state index contributed by atoms with van der Waals surface area (Å²) in [4.78, 5) is 24.4. The molecular formula is C21H29F6N3O7S. The number of rotatable bonds is 5. The zero-order chi connectivity index (χ0) is 29.4. The SMILES string of the molecule is COCC1CCC2(CCN(Cc3cccnc3)CC2)N1S(C)(=O)=O.O=C(O)C(F)(F)F.O=C(O)C(F)(F)F. The zero-order valence-electron chi connectivity index (χ0n) is 20.5. The van der Waals surface area contributed by atoms with Crippen molar-refractivity contribution in [2.75, 3.05) is 33.1 Å². The molecule has 1 aromatic rings. The van der Waals surface area contributed by atoms with Gasteiger partial charge >= 0.3 is 24.3 Å². The minimum absolute atomic E-state index is 0.0186. The van der Waals surface area contributed by atoms with Crippen molar-refractivity contribution in [2.24, 2.45) is 0 Å². The Labute approximate surface area is 215 Å². The van der Waals surface area contributed by atoms with Gasteiger partial charge < -0.3 is 14.9 Å². The lowest BCUT2D eigenvalue weighted by Gasteiger charge is -2.45. The predicted octanol–water partition coefficient (Wildman–Crippen LogP) is 2.75. The van der Waals surface area contributed by atoms with E-state index in [9.17, 15) is 34.8 Å². The topological polar surface area (TPSA) is 137 Å². The molecule has 0 saturated carbocycles. The van der Waals surface area contributed by atoms with Crippen LogP contribution in [0, 0.1) is 0 Å². The quantitative estimate of drug-likeness (QED) is 0.503. The summed E-state index contributed by atoms with van der Waals surface area (Å²) in [5, 5.41) is 14.2. The summed E-state index contributed by atoms with van der Waals surface area (Å²) >= 11 is 0. The first-order valence-electron chi connectivity index (χ1n) is 11.0. The number of methoxy groups -OCH3 is 1. The first kappa shape index (κ1) is 33.5. The Morgan fingerprint density at radius 1 is 1.08 bits per heavy atom. The van der Waals surface area contributed by atoms with E-state index in [0.29, 0.717) is 6.61 Å². The molecule has 2 aliphatic rings. The average molecular weight is 582 g/mol. The Morgan fingerprint density at radius 2 is 1.58 bits per heavy atom. The molecule has 1 unspecified atom stereocenters. The van der Waals surface area contributed by atoms with Gasteiger partial charge in [0.2, 0.25) is 10.0 Å². The molecule has 2 N–H and O–H groups in total. The molecule has 38 heavy (non-hydrogen) atoms. The van der Waals surface area contributed by atoms with Gasteiger partial charge in [0.05, 0.1) is 12.9 Å². The highest BCUT2D eigenvalue weighted by atomic mass is 32.2. The highest BCUT2D eigenvalue weighted by Crippen LogP contribution is 2.43. The number of sulfonamides is 1. The van der Waals surface area contributed by atoms with Gasteiger partial charge in [-0.3, -0.25) is 9.88 Å². The second kappa shape index (κ2) is 13.5. The number of likely N-dealkylation sites (tertiary alicyclic amines) is 1. The van der Waals surface area contributed by atoms with Gasteiger partial charge in [0, 0.05) is 50.7 Å². The van der Waals surface area contributed by atoms with Gasteiger partial charge in [-0.05, 0) is 37.3 Å². The molecule has 0 bridgehead atoms. The van der Waals surface area contributed by atoms with Crippen LogP contribution >= 0.6 is 0 Å². The molecule has 1 atom stereocenters. The van der Waals surface area contributed by atoms with Crippen molar-refractivity contribution in [1.29, 1.82) is 0 Å². The molecule has 0 radical (unpaired) electrons. The molecule has 17 heteroatoms. The summed E-state index contributed by atoms with van der Waals surface area (Å²) in [5.41, 5.74) is 0.986. The van der Waals surface area contributed by atoms with E-state index in [1.807, 2.05) is 12.3 Å². The van der Waals surface area contributed by atoms with Crippen molar-refractivity contribution in [3.63, 3.8) is 0 Å². The van der Waals surface area contributed by atoms with Crippen LogP contribution in [0.3, 0.4) is 0 Å². The zero-order valence-corrected chi connectivity index (χ0v) is 21.3. The normalized spacial score (nSPS) is 20.2. The van der Waals surface area contributed by atoms with Crippen LogP contribution in [-0.2, 0) is 30.9 Å². The van der Waals surface area contributed by atoms with Crippen molar-refractivity contribution < 1.29 is 59.3 Å². The number of aromatic nitrogens is 1. The second-order valence-corrected chi connectivity index (χ2v) is 10.5. The standard InChI is InChI=1S/C17H27N3O3S.2C2HF3O2/c1-23-14-16-5-6-17(20(16)24(2,21)22)7-10-19(11-8-17)13-15-4-3-9-18-12-15;2*3-2(4,5)1(6)7/h3-4,9,12,16H,5-8,10-11,13-14H2,1-2H3;2*(H,6,7). The third-order valence-corrected chi connectivity index (χ3v) is 7.26. The molecule has 3 heterocycles. The Hall–Kier alpha value is -2.50. The summed E-state index contributed by atoms with van der Waals surface area (Å²) < 4.78 is 95.3. The summed E-state index contributed by atoms with van der Waals surface area (Å²) in [6.45, 7) is 3.19. The molecule has 3 rings (SSSR count). The van der Waals surface area contributed by atoms with Gasteiger partial charge in [-0.15, -0.1) is 0 Å². The Bertz CT molecular complexity index is 990. The number of carbonyl (C=O) groups is 2. The van der Waals surface area contributed by atoms with E-state index < -0.39 is 34.3 Å². The van der Waals surface area contributed by atoms with E-state index in [0.717, 1.165) is 45.3 Å². The average Bonchev–Trinajstić information content (AvgIpc) is 3.14. The van der Waals surface area contributed by atoms with Crippen LogP contribution in [0.25, 0.3) is 0 Å². The molecule has 0 aromatic carbocycles. The van der Waals surface area contributed by atoms with Crippen LogP contribution in [0.15, 0.2) is 24.5 Å². The molecule has 2 saturated heterocycles. The number of pyridine rings is 1. The van der Waals surface area contributed by atoms with Crippen molar-refractivity contribution >= 4 is 22.0 Å². The summed E-state index contributed by atoms with van der Waals surface area (Å²) in [7, 11) is -1.59. The molecule has 218 valence electrons. The van der Waals surface area contributed by atoms with Gasteiger partial charge in [0.25, 0.3) is 0 Å². The molecule has 1 spiro atoms. The summed E-state index contributed by atoms with van der Waals surface area (Å²) in [6.07, 6.45) is -1.53. The molecule has 0 amide bonds. The predicted molar refractivity (Wildman–Crippen MR) is 120 cm³/mol. The highest BCUT2D eigenvalue weighted by Gasteiger charge is 2.51. The van der Waals surface area contributed by atoms with E-state index in [-0.39, 0.29) is 11.6 Å². The van der Waals surface area contributed by atoms with Crippen LogP contribution in [0.1, 0.15) is 31.2 Å². The number of halogens is 6. The lowest BCUT2D eigenvalue weighted by atomic mass is 9.86. The third kappa shape index (κ3) is 10.3. The number of carboxylic acid groups (broad SMARTS) is 2. The highest BCUT2D eigenvalue weighted by molar-refractivity contribution is 7.88. The van der Waals surface area contributed by atoms with Gasteiger partial charge in [-0.1, -0.05) is 6.07 Å². The lowest BCUT2D eigenvalue weighted by molar-refractivity contribution is -0.193. The van der Waals surface area contributed by atoms with Crippen LogP contribution < -0.4 is 0 Å². The summed E-state index contributed by atoms with van der Waals surface area (Å²) in [5.74, 6) is -5.51. The first-order chi connectivity index (χ1) is 17.3. The van der Waals surface area contributed by atoms with Crippen molar-refractivity contribution in [3.05, 3.63) is 30.1 Å². The fraction of sp³-hybridized carbons (Fsp3) is 0.667. The lowest BCUT2D eigenvalue weighted by Crippen LogP contribution is -2.56. The summed E-state index contributed by atoms with van der Waals surface area (Å²) in [6, 6.07) is 4.03. The number of nitrogens with zero attached hydrogens (tertiary/aromatic N) is 3. The second-order valence-electron chi connectivity index (χ2n) is 8.67. The van der Waals surface area contributed by atoms with E-state index in [1.165, 1.54) is 11.8 Å². The minimum atomic E-state index is -5.08. The number of ether oxygens (including phenoxy) is 1. The maximum Gasteiger partial charge on any atom is 0.490 e. The molecule has 0 aliphatic carbocycles. The third-order valence-electron chi connectivity index (χ3n) is 5.86. The molecule has 2 aliphatic heterocycles. The molecular weight excluding hydrogens is 552 g/mol. The van der Waals surface area contributed by atoms with Crippen LogP contribution in [0.2, 0.25) is 0 Å². The van der Waals surface area contributed by atoms with Gasteiger partial charge in [-0.25, -0.2) is 18.0 Å². The van der Waals surface area contributed by atoms with E-state index >= 15 is 0 Å². The van der Waals surface area contributed by atoms with Gasteiger partial charge in [0.15, 0.2) is 0 Å². The molecule has 1 aromatic heterocycles. The maximum atomic E-state index is 12.4. The molecule has 10 nitrogen and oxygen atoms in total. The Morgan fingerprint density at radius 3 is 1.95 bits per heavy atom. The number of piperidine rings is 1. The van der Waals surface area contributed by atoms with Crippen LogP contribution in [0.5, 0.6) is 0 Å². The number of carboxylic acids is 2. The van der Waals surface area contributed by atoms with Crippen molar-refractivity contribution in [3.8, 4) is 0 Å². The fourth-order valence-electron chi connectivity index (χ4n) is 4.36. The van der Waals surface area contributed by atoms with Crippen molar-refractivity contribution in [1.82, 2.24) is 14.2 Å². The van der Waals surface area contributed by atoms with Gasteiger partial charge in [-0.2, -0.15) is 30.6 Å². The van der Waals surface area contributed by atoms with Crippen molar-refractivity contribution in [2.45, 2.75) is 56.2 Å². The maximum absolute atomic E-state index is 12.4. The van der Waals surface area contributed by atoms with Crippen LogP contribution in [0.4, 0.5) is 26.3 Å². The van der Waals surface area contributed by atoms with E-state index in [2.05, 4.69) is 16.0 Å². The minimum Gasteiger partial charge on any atom is -0.475 e. The fourth-order valence-corrected chi connectivity index (χ4v) is 6.05. The number of hydrogen-bond acceptors (Lipinski definition) is 7. The Kier molecular flexibility index (Phi) is 11.9. The smallest absolute Gasteiger partial charge is 0.475 e. The number of hydrogen-bond donors (Lipinski definition) is 2. The molecule has 2 fully saturated rings. The van der Waals surface area contributed by atoms with E-state index in [4.69, 9.17) is 24.5 Å². The first-order valence-corrected chi connectivity index (χ1v) is 12.9. The monoisotopic (exact) mass is 581 g/mol. The number of aliphatic carboxylic acids is 2. The largest absolute Gasteiger partial charge is 0.490 e. The van der Waals surface area contributed by atoms with Crippen LogP contribution in [-0.4, -0.2) is 102 Å². The van der Waals surface area contributed by atoms with E-state index in [1.54, 1.807) is 17.6 Å².